The van der Waals surface area contributed by atoms with Crippen LogP contribution in [0.5, 0.6) is 5.75 Å². The quantitative estimate of drug-likeness (QED) is 0.773. The average Bonchev–Trinajstić information content (AvgIpc) is 2.30. The third-order valence-corrected chi connectivity index (χ3v) is 2.98. The number of benzene rings is 2. The highest BCUT2D eigenvalue weighted by Crippen LogP contribution is 2.20. The van der Waals surface area contributed by atoms with Gasteiger partial charge < -0.3 is 4.74 Å². The molecule has 0 aliphatic rings. The van der Waals surface area contributed by atoms with Crippen molar-refractivity contribution in [2.24, 2.45) is 0 Å². The van der Waals surface area contributed by atoms with Gasteiger partial charge >= 0.3 is 0 Å². The molecule has 2 heteroatoms. The monoisotopic (exact) mass is 246 g/mol. The summed E-state index contributed by atoms with van der Waals surface area (Å²) >= 11 is 6.14. The molecule has 0 heterocycles. The smallest absolute Gasteiger partial charge is 0.119 e. The molecule has 0 N–H and O–H groups in total. The molecule has 0 radical (unpaired) electrons. The van der Waals surface area contributed by atoms with Gasteiger partial charge in [-0.25, -0.2) is 0 Å². The Balaban J connectivity index is 2.04. The van der Waals surface area contributed by atoms with Gasteiger partial charge in [0.2, 0.25) is 0 Å². The van der Waals surface area contributed by atoms with Crippen LogP contribution < -0.4 is 4.74 Å². The van der Waals surface area contributed by atoms with Crippen LogP contribution in [-0.2, 0) is 6.61 Å². The summed E-state index contributed by atoms with van der Waals surface area (Å²) in [4.78, 5) is 0. The summed E-state index contributed by atoms with van der Waals surface area (Å²) in [7, 11) is 0. The van der Waals surface area contributed by atoms with Crippen molar-refractivity contribution in [1.29, 1.82) is 0 Å². The van der Waals surface area contributed by atoms with Gasteiger partial charge in [0, 0.05) is 10.6 Å². The van der Waals surface area contributed by atoms with Crippen LogP contribution in [-0.4, -0.2) is 0 Å². The number of rotatable bonds is 3. The topological polar surface area (TPSA) is 9.23 Å². The zero-order valence-electron chi connectivity index (χ0n) is 10.0. The Labute approximate surface area is 107 Å². The first-order chi connectivity index (χ1) is 8.15. The van der Waals surface area contributed by atoms with E-state index < -0.39 is 0 Å². The molecule has 0 fully saturated rings. The van der Waals surface area contributed by atoms with E-state index in [4.69, 9.17) is 16.3 Å². The third kappa shape index (κ3) is 3.24. The minimum absolute atomic E-state index is 0.502. The van der Waals surface area contributed by atoms with E-state index in [1.807, 2.05) is 49.4 Å². The van der Waals surface area contributed by atoms with Crippen molar-refractivity contribution in [3.63, 3.8) is 0 Å². The van der Waals surface area contributed by atoms with Gasteiger partial charge in [-0.3, -0.25) is 0 Å². The Morgan fingerprint density at radius 3 is 2.24 bits per heavy atom. The van der Waals surface area contributed by atoms with Crippen molar-refractivity contribution >= 4 is 11.6 Å². The van der Waals surface area contributed by atoms with E-state index >= 15 is 0 Å². The van der Waals surface area contributed by atoms with E-state index in [1.54, 1.807) is 0 Å². The van der Waals surface area contributed by atoms with Gasteiger partial charge in [0.05, 0.1) is 0 Å². The van der Waals surface area contributed by atoms with Crippen molar-refractivity contribution in [3.8, 4) is 5.75 Å². The van der Waals surface area contributed by atoms with Crippen molar-refractivity contribution in [2.75, 3.05) is 0 Å². The first-order valence-electron chi connectivity index (χ1n) is 5.59. The van der Waals surface area contributed by atoms with Crippen molar-refractivity contribution in [2.45, 2.75) is 20.5 Å². The Kier molecular flexibility index (Phi) is 3.70. The highest BCUT2D eigenvalue weighted by Gasteiger charge is 2.01. The Hall–Kier alpha value is -1.47. The summed E-state index contributed by atoms with van der Waals surface area (Å²) in [6.45, 7) is 4.58. The fraction of sp³-hybridized carbons (Fsp3) is 0.200. The molecule has 0 aromatic heterocycles. The molecule has 0 atom stereocenters. The molecule has 0 saturated carbocycles. The lowest BCUT2D eigenvalue weighted by Gasteiger charge is -2.08. The van der Waals surface area contributed by atoms with E-state index in [-0.39, 0.29) is 0 Å². The lowest BCUT2D eigenvalue weighted by Crippen LogP contribution is -1.96. The number of aryl methyl sites for hydroxylation is 2. The van der Waals surface area contributed by atoms with Gasteiger partial charge in [0.25, 0.3) is 0 Å². The first-order valence-corrected chi connectivity index (χ1v) is 5.97. The lowest BCUT2D eigenvalue weighted by molar-refractivity contribution is 0.306. The van der Waals surface area contributed by atoms with Crippen LogP contribution in [0.25, 0.3) is 0 Å². The first kappa shape index (κ1) is 12.0. The maximum absolute atomic E-state index is 6.14. The summed E-state index contributed by atoms with van der Waals surface area (Å²) in [5, 5.41) is 0.761. The van der Waals surface area contributed by atoms with E-state index in [0.717, 1.165) is 21.9 Å². The van der Waals surface area contributed by atoms with Crippen LogP contribution in [0.3, 0.4) is 0 Å². The maximum Gasteiger partial charge on any atom is 0.119 e. The molecule has 2 aromatic rings. The second-order valence-electron chi connectivity index (χ2n) is 4.20. The Morgan fingerprint density at radius 1 is 0.941 bits per heavy atom. The maximum atomic E-state index is 6.14. The SMILES string of the molecule is Cc1ccc(OCc2ccc(C)cc2Cl)cc1. The third-order valence-electron chi connectivity index (χ3n) is 2.62. The van der Waals surface area contributed by atoms with Gasteiger partial charge in [-0.2, -0.15) is 0 Å². The Morgan fingerprint density at radius 2 is 1.59 bits per heavy atom. The minimum atomic E-state index is 0.502. The van der Waals surface area contributed by atoms with Crippen molar-refractivity contribution < 1.29 is 4.74 Å². The van der Waals surface area contributed by atoms with Crippen molar-refractivity contribution in [3.05, 3.63) is 64.2 Å². The van der Waals surface area contributed by atoms with Crippen LogP contribution in [0.15, 0.2) is 42.5 Å². The molecule has 1 nitrogen and oxygen atoms in total. The highest BCUT2D eigenvalue weighted by atomic mass is 35.5. The summed E-state index contributed by atoms with van der Waals surface area (Å²) in [6, 6.07) is 14.0. The van der Waals surface area contributed by atoms with Gasteiger partial charge in [0.1, 0.15) is 12.4 Å². The average molecular weight is 247 g/mol. The molecule has 88 valence electrons. The Bertz CT molecular complexity index is 503. The molecule has 2 rings (SSSR count). The predicted molar refractivity (Wildman–Crippen MR) is 71.7 cm³/mol. The summed E-state index contributed by atoms with van der Waals surface area (Å²) < 4.78 is 5.68. The largest absolute Gasteiger partial charge is 0.489 e. The van der Waals surface area contributed by atoms with E-state index in [0.29, 0.717) is 6.61 Å². The normalized spacial score (nSPS) is 10.3. The molecule has 0 spiro atoms. The molecule has 0 aliphatic heterocycles. The standard InChI is InChI=1S/C15H15ClO/c1-11-4-7-14(8-5-11)17-10-13-6-3-12(2)9-15(13)16/h3-9H,10H2,1-2H3. The fourth-order valence-electron chi connectivity index (χ4n) is 1.56. The lowest BCUT2D eigenvalue weighted by atomic mass is 10.1. The van der Waals surface area contributed by atoms with Gasteiger partial charge in [0.15, 0.2) is 0 Å². The number of hydrogen-bond acceptors (Lipinski definition) is 1. The van der Waals surface area contributed by atoms with Crippen LogP contribution in [0.1, 0.15) is 16.7 Å². The van der Waals surface area contributed by atoms with E-state index in [2.05, 4.69) is 6.92 Å². The second kappa shape index (κ2) is 5.24. The molecular weight excluding hydrogens is 232 g/mol. The predicted octanol–water partition coefficient (Wildman–Crippen LogP) is 4.54. The zero-order valence-corrected chi connectivity index (χ0v) is 10.8. The van der Waals surface area contributed by atoms with E-state index in [1.165, 1.54) is 5.56 Å². The van der Waals surface area contributed by atoms with Crippen LogP contribution in [0.4, 0.5) is 0 Å². The van der Waals surface area contributed by atoms with E-state index in [9.17, 15) is 0 Å². The number of hydrogen-bond donors (Lipinski definition) is 0. The molecule has 0 unspecified atom stereocenters. The zero-order chi connectivity index (χ0) is 12.3. The van der Waals surface area contributed by atoms with Gasteiger partial charge in [-0.05, 0) is 37.6 Å². The summed E-state index contributed by atoms with van der Waals surface area (Å²) in [5.41, 5.74) is 3.40. The molecular formula is C15H15ClO. The summed E-state index contributed by atoms with van der Waals surface area (Å²) in [6.07, 6.45) is 0. The van der Waals surface area contributed by atoms with Crippen LogP contribution in [0.2, 0.25) is 5.02 Å². The van der Waals surface area contributed by atoms with Crippen molar-refractivity contribution in [1.82, 2.24) is 0 Å². The minimum Gasteiger partial charge on any atom is -0.489 e. The molecule has 0 aliphatic carbocycles. The molecule has 17 heavy (non-hydrogen) atoms. The van der Waals surface area contributed by atoms with Gasteiger partial charge in [-0.15, -0.1) is 0 Å². The van der Waals surface area contributed by atoms with Crippen LogP contribution >= 0.6 is 11.6 Å². The molecule has 0 bridgehead atoms. The molecule has 2 aromatic carbocycles. The molecule has 0 saturated heterocycles. The van der Waals surface area contributed by atoms with Crippen LogP contribution in [0, 0.1) is 13.8 Å². The van der Waals surface area contributed by atoms with Gasteiger partial charge in [-0.1, -0.05) is 41.4 Å². The fourth-order valence-corrected chi connectivity index (χ4v) is 1.85. The highest BCUT2D eigenvalue weighted by molar-refractivity contribution is 6.31. The second-order valence-corrected chi connectivity index (χ2v) is 4.60. The number of halogens is 1. The number of ether oxygens (including phenoxy) is 1. The molecule has 0 amide bonds. The summed E-state index contributed by atoms with van der Waals surface area (Å²) in [5.74, 6) is 0.868.